The molecule has 1 N–H and O–H groups in total. The van der Waals surface area contributed by atoms with E-state index < -0.39 is 0 Å². The van der Waals surface area contributed by atoms with Gasteiger partial charge in [0, 0.05) is 57.6 Å². The molecule has 6 nitrogen and oxygen atoms in total. The molecule has 2 fully saturated rings. The second-order valence-electron chi connectivity index (χ2n) is 6.57. The van der Waals surface area contributed by atoms with Crippen LogP contribution in [0.25, 0.3) is 0 Å². The van der Waals surface area contributed by atoms with Gasteiger partial charge in [-0.1, -0.05) is 0 Å². The number of amides is 2. The Morgan fingerprint density at radius 3 is 2.17 bits per heavy atom. The minimum atomic E-state index is 0.000183. The fourth-order valence-electron chi connectivity index (χ4n) is 3.36. The van der Waals surface area contributed by atoms with Crippen molar-refractivity contribution >= 4 is 23.2 Å². The number of carbonyl (C=O) groups is 2. The average molecular weight is 330 g/mol. The average Bonchev–Trinajstić information content (AvgIpc) is 3.10. The maximum absolute atomic E-state index is 12.2. The molecule has 0 atom stereocenters. The maximum atomic E-state index is 12.2. The number of benzene rings is 1. The summed E-state index contributed by atoms with van der Waals surface area (Å²) in [6, 6.07) is 8.09. The summed E-state index contributed by atoms with van der Waals surface area (Å²) in [5, 5.41) is 2.96. The highest BCUT2D eigenvalue weighted by atomic mass is 16.2. The number of nitrogens with zero attached hydrogens (tertiary/aromatic N) is 3. The second-order valence-corrected chi connectivity index (χ2v) is 6.57. The van der Waals surface area contributed by atoms with E-state index in [4.69, 9.17) is 0 Å². The molecule has 0 unspecified atom stereocenters. The zero-order valence-electron chi connectivity index (χ0n) is 14.3. The van der Waals surface area contributed by atoms with E-state index in [1.807, 2.05) is 17.0 Å². The number of anilines is 2. The predicted octanol–water partition coefficient (Wildman–Crippen LogP) is 1.39. The number of nitrogens with one attached hydrogen (secondary N) is 1. The Balaban J connectivity index is 1.46. The Bertz CT molecular complexity index is 573. The van der Waals surface area contributed by atoms with Crippen molar-refractivity contribution in [3.8, 4) is 0 Å². The van der Waals surface area contributed by atoms with E-state index in [0.29, 0.717) is 19.6 Å². The number of piperazine rings is 1. The topological polar surface area (TPSA) is 55.9 Å². The lowest BCUT2D eigenvalue weighted by Gasteiger charge is -2.33. The summed E-state index contributed by atoms with van der Waals surface area (Å²) >= 11 is 0. The third-order valence-corrected chi connectivity index (χ3v) is 4.81. The first kappa shape index (κ1) is 16.8. The molecule has 2 aliphatic heterocycles. The van der Waals surface area contributed by atoms with Crippen molar-refractivity contribution < 1.29 is 9.59 Å². The molecule has 0 saturated carbocycles. The van der Waals surface area contributed by atoms with Gasteiger partial charge in [0.05, 0.1) is 6.54 Å². The van der Waals surface area contributed by atoms with Gasteiger partial charge < -0.3 is 15.1 Å². The monoisotopic (exact) mass is 330 g/mol. The summed E-state index contributed by atoms with van der Waals surface area (Å²) in [7, 11) is 0. The lowest BCUT2D eigenvalue weighted by molar-refractivity contribution is -0.130. The van der Waals surface area contributed by atoms with Crippen LogP contribution in [0.4, 0.5) is 11.4 Å². The third-order valence-electron chi connectivity index (χ3n) is 4.81. The molecule has 2 saturated heterocycles. The quantitative estimate of drug-likeness (QED) is 0.906. The largest absolute Gasteiger partial charge is 0.372 e. The van der Waals surface area contributed by atoms with Gasteiger partial charge in [0.1, 0.15) is 0 Å². The molecular formula is C18H26N4O2. The molecular weight excluding hydrogens is 304 g/mol. The van der Waals surface area contributed by atoms with Crippen LogP contribution in [0.15, 0.2) is 24.3 Å². The van der Waals surface area contributed by atoms with Gasteiger partial charge in [-0.05, 0) is 37.1 Å². The zero-order chi connectivity index (χ0) is 16.9. The Hall–Kier alpha value is -2.08. The van der Waals surface area contributed by atoms with Crippen LogP contribution in [-0.4, -0.2) is 67.4 Å². The van der Waals surface area contributed by atoms with E-state index in [-0.39, 0.29) is 11.8 Å². The molecule has 0 bridgehead atoms. The lowest BCUT2D eigenvalue weighted by Crippen LogP contribution is -2.49. The van der Waals surface area contributed by atoms with Gasteiger partial charge in [0.25, 0.3) is 0 Å². The molecule has 0 aliphatic carbocycles. The standard InChI is InChI=1S/C18H26N4O2/c1-15(23)21-12-10-20(11-13-21)14-18(24)19-16-4-6-17(7-5-16)22-8-2-3-9-22/h4-7H,2-3,8-14H2,1H3,(H,19,24). The Morgan fingerprint density at radius 2 is 1.58 bits per heavy atom. The van der Waals surface area contributed by atoms with Crippen molar-refractivity contribution in [2.24, 2.45) is 0 Å². The van der Waals surface area contributed by atoms with Crippen LogP contribution in [0.1, 0.15) is 19.8 Å². The van der Waals surface area contributed by atoms with Crippen LogP contribution in [0.2, 0.25) is 0 Å². The SMILES string of the molecule is CC(=O)N1CCN(CC(=O)Nc2ccc(N3CCCC3)cc2)CC1. The molecule has 0 spiro atoms. The van der Waals surface area contributed by atoms with Crippen molar-refractivity contribution in [2.75, 3.05) is 56.0 Å². The van der Waals surface area contributed by atoms with Gasteiger partial charge in [-0.15, -0.1) is 0 Å². The number of carbonyl (C=O) groups excluding carboxylic acids is 2. The highest BCUT2D eigenvalue weighted by Crippen LogP contribution is 2.22. The number of rotatable bonds is 4. The van der Waals surface area contributed by atoms with Gasteiger partial charge >= 0.3 is 0 Å². The van der Waals surface area contributed by atoms with Crippen LogP contribution in [0, 0.1) is 0 Å². The molecule has 130 valence electrons. The van der Waals surface area contributed by atoms with Gasteiger partial charge in [0.2, 0.25) is 11.8 Å². The molecule has 0 radical (unpaired) electrons. The van der Waals surface area contributed by atoms with Gasteiger partial charge in [-0.2, -0.15) is 0 Å². The van der Waals surface area contributed by atoms with Crippen LogP contribution in [-0.2, 0) is 9.59 Å². The molecule has 2 amide bonds. The Labute approximate surface area is 143 Å². The molecule has 6 heteroatoms. The molecule has 1 aromatic rings. The Kier molecular flexibility index (Phi) is 5.35. The second kappa shape index (κ2) is 7.66. The summed E-state index contributed by atoms with van der Waals surface area (Å²) < 4.78 is 0. The maximum Gasteiger partial charge on any atom is 0.238 e. The van der Waals surface area contributed by atoms with Gasteiger partial charge in [0.15, 0.2) is 0 Å². The van der Waals surface area contributed by atoms with Crippen molar-refractivity contribution in [3.63, 3.8) is 0 Å². The van der Waals surface area contributed by atoms with Crippen LogP contribution >= 0.6 is 0 Å². The van der Waals surface area contributed by atoms with E-state index in [1.165, 1.54) is 18.5 Å². The van der Waals surface area contributed by atoms with Crippen LogP contribution in [0.5, 0.6) is 0 Å². The van der Waals surface area contributed by atoms with Crippen LogP contribution < -0.4 is 10.2 Å². The number of hydrogen-bond acceptors (Lipinski definition) is 4. The summed E-state index contributed by atoms with van der Waals surface area (Å²) in [5.41, 5.74) is 2.07. The minimum Gasteiger partial charge on any atom is -0.372 e. The Morgan fingerprint density at radius 1 is 0.958 bits per heavy atom. The highest BCUT2D eigenvalue weighted by molar-refractivity contribution is 5.92. The zero-order valence-corrected chi connectivity index (χ0v) is 14.3. The first-order valence-corrected chi connectivity index (χ1v) is 8.74. The molecule has 0 aromatic heterocycles. The first-order valence-electron chi connectivity index (χ1n) is 8.74. The molecule has 1 aromatic carbocycles. The minimum absolute atomic E-state index is 0.000183. The molecule has 2 aliphatic rings. The summed E-state index contributed by atoms with van der Waals surface area (Å²) in [6.45, 7) is 7.12. The summed E-state index contributed by atoms with van der Waals surface area (Å²) in [4.78, 5) is 29.8. The van der Waals surface area contributed by atoms with E-state index in [9.17, 15) is 9.59 Å². The van der Waals surface area contributed by atoms with Crippen molar-refractivity contribution in [1.82, 2.24) is 9.80 Å². The van der Waals surface area contributed by atoms with E-state index in [0.717, 1.165) is 31.9 Å². The van der Waals surface area contributed by atoms with Crippen LogP contribution in [0.3, 0.4) is 0 Å². The first-order chi connectivity index (χ1) is 11.6. The smallest absolute Gasteiger partial charge is 0.238 e. The molecule has 2 heterocycles. The van der Waals surface area contributed by atoms with Crippen molar-refractivity contribution in [1.29, 1.82) is 0 Å². The molecule has 24 heavy (non-hydrogen) atoms. The van der Waals surface area contributed by atoms with Gasteiger partial charge in [-0.25, -0.2) is 0 Å². The molecule has 3 rings (SSSR count). The lowest BCUT2D eigenvalue weighted by atomic mass is 10.2. The third kappa shape index (κ3) is 4.26. The fraction of sp³-hybridized carbons (Fsp3) is 0.556. The normalized spacial score (nSPS) is 18.7. The van der Waals surface area contributed by atoms with E-state index >= 15 is 0 Å². The highest BCUT2D eigenvalue weighted by Gasteiger charge is 2.20. The van der Waals surface area contributed by atoms with E-state index in [1.54, 1.807) is 6.92 Å². The predicted molar refractivity (Wildman–Crippen MR) is 95.2 cm³/mol. The number of hydrogen-bond donors (Lipinski definition) is 1. The van der Waals surface area contributed by atoms with E-state index in [2.05, 4.69) is 27.2 Å². The van der Waals surface area contributed by atoms with Crippen molar-refractivity contribution in [2.45, 2.75) is 19.8 Å². The van der Waals surface area contributed by atoms with Crippen molar-refractivity contribution in [3.05, 3.63) is 24.3 Å². The summed E-state index contributed by atoms with van der Waals surface area (Å²) in [5.74, 6) is 0.109. The summed E-state index contributed by atoms with van der Waals surface area (Å²) in [6.07, 6.45) is 2.52. The van der Waals surface area contributed by atoms with Gasteiger partial charge in [-0.3, -0.25) is 14.5 Å². The fourth-order valence-corrected chi connectivity index (χ4v) is 3.36.